The summed E-state index contributed by atoms with van der Waals surface area (Å²) < 4.78 is 5.45. The van der Waals surface area contributed by atoms with E-state index in [0.717, 1.165) is 16.9 Å². The molecule has 1 aromatic heterocycles. The van der Waals surface area contributed by atoms with E-state index in [4.69, 9.17) is 4.74 Å². The summed E-state index contributed by atoms with van der Waals surface area (Å²) >= 11 is 0. The van der Waals surface area contributed by atoms with Crippen molar-refractivity contribution in [1.82, 2.24) is 4.98 Å². The number of hydrogen-bond donors (Lipinski definition) is 2. The van der Waals surface area contributed by atoms with Gasteiger partial charge in [0.2, 0.25) is 5.78 Å². The largest absolute Gasteiger partial charge is 0.495 e. The molecule has 1 atom stereocenters. The highest BCUT2D eigenvalue weighted by Crippen LogP contribution is 2.32. The maximum absolute atomic E-state index is 13.0. The van der Waals surface area contributed by atoms with Crippen molar-refractivity contribution in [1.29, 1.82) is 0 Å². The summed E-state index contributed by atoms with van der Waals surface area (Å²) in [6.45, 7) is 13.4. The first-order chi connectivity index (χ1) is 12.5. The van der Waals surface area contributed by atoms with Crippen molar-refractivity contribution < 1.29 is 14.3 Å². The van der Waals surface area contributed by atoms with E-state index in [0.29, 0.717) is 22.6 Å². The zero-order valence-electron chi connectivity index (χ0n) is 17.5. The number of nitrogens with one attached hydrogen (secondary N) is 2. The molecule has 5 heteroatoms. The van der Waals surface area contributed by atoms with Crippen molar-refractivity contribution in [3.8, 4) is 5.75 Å². The van der Waals surface area contributed by atoms with Gasteiger partial charge in [-0.2, -0.15) is 0 Å². The second-order valence-corrected chi connectivity index (χ2v) is 8.08. The summed E-state index contributed by atoms with van der Waals surface area (Å²) in [4.78, 5) is 27.9. The van der Waals surface area contributed by atoms with Gasteiger partial charge in [-0.15, -0.1) is 0 Å². The lowest BCUT2D eigenvalue weighted by atomic mass is 9.86. The number of Topliss-reactive ketones (excluding diaryl/α,β-unsaturated/α-hetero) is 2. The van der Waals surface area contributed by atoms with Gasteiger partial charge in [0.25, 0.3) is 0 Å². The lowest BCUT2D eigenvalue weighted by Crippen LogP contribution is -2.27. The van der Waals surface area contributed by atoms with E-state index >= 15 is 0 Å². The van der Waals surface area contributed by atoms with Crippen LogP contribution in [0.1, 0.15) is 72.3 Å². The highest BCUT2D eigenvalue weighted by Gasteiger charge is 2.25. The highest BCUT2D eigenvalue weighted by atomic mass is 16.5. The number of rotatable bonds is 6. The minimum absolute atomic E-state index is 0.0144. The van der Waals surface area contributed by atoms with Crippen molar-refractivity contribution >= 4 is 17.3 Å². The zero-order chi connectivity index (χ0) is 20.5. The first-order valence-corrected chi connectivity index (χ1v) is 9.16. The standard InChI is InChI=1S/C22H30N2O3/c1-12-19(15(4)25)13(2)24-20(12)21(26)14(3)23-17-11-16(22(5,6)7)9-10-18(17)27-8/h9-11,14,23-24H,1-8H3/t14-/m0/s1. The van der Waals surface area contributed by atoms with Crippen molar-refractivity contribution in [2.24, 2.45) is 0 Å². The Kier molecular flexibility index (Phi) is 5.83. The molecule has 1 aromatic carbocycles. The number of aromatic nitrogens is 1. The predicted molar refractivity (Wildman–Crippen MR) is 109 cm³/mol. The summed E-state index contributed by atoms with van der Waals surface area (Å²) in [5, 5.41) is 3.28. The second kappa shape index (κ2) is 7.59. The molecule has 0 radical (unpaired) electrons. The van der Waals surface area contributed by atoms with Gasteiger partial charge in [-0.3, -0.25) is 9.59 Å². The number of ketones is 2. The molecule has 0 bridgehead atoms. The Bertz CT molecular complexity index is 872. The van der Waals surface area contributed by atoms with Crippen LogP contribution in [0.5, 0.6) is 5.75 Å². The minimum atomic E-state index is -0.481. The number of hydrogen-bond acceptors (Lipinski definition) is 4. The van der Waals surface area contributed by atoms with Crippen LogP contribution in [-0.2, 0) is 5.41 Å². The van der Waals surface area contributed by atoms with Gasteiger partial charge in [-0.1, -0.05) is 26.8 Å². The number of H-pyrrole nitrogens is 1. The molecule has 2 rings (SSSR count). The molecule has 0 spiro atoms. The molecular formula is C22H30N2O3. The van der Waals surface area contributed by atoms with Crippen LogP contribution in [0.2, 0.25) is 0 Å². The quantitative estimate of drug-likeness (QED) is 0.715. The topological polar surface area (TPSA) is 71.2 Å². The number of carbonyl (C=O) groups excluding carboxylic acids is 2. The minimum Gasteiger partial charge on any atom is -0.495 e. The molecule has 0 saturated heterocycles. The number of aryl methyl sites for hydroxylation is 1. The van der Waals surface area contributed by atoms with E-state index in [1.54, 1.807) is 14.0 Å². The summed E-state index contributed by atoms with van der Waals surface area (Å²) in [6.07, 6.45) is 0. The van der Waals surface area contributed by atoms with Crippen LogP contribution in [-0.4, -0.2) is 29.7 Å². The smallest absolute Gasteiger partial charge is 0.201 e. The Labute approximate surface area is 161 Å². The number of aromatic amines is 1. The van der Waals surface area contributed by atoms with E-state index in [2.05, 4.69) is 31.1 Å². The van der Waals surface area contributed by atoms with Crippen molar-refractivity contribution in [3.05, 3.63) is 46.3 Å². The normalized spacial score (nSPS) is 12.6. The summed E-state index contributed by atoms with van der Waals surface area (Å²) in [5.74, 6) is 0.554. The lowest BCUT2D eigenvalue weighted by Gasteiger charge is -2.23. The Morgan fingerprint density at radius 2 is 1.81 bits per heavy atom. The monoisotopic (exact) mass is 370 g/mol. The third-order valence-electron chi connectivity index (χ3n) is 4.87. The molecule has 0 unspecified atom stereocenters. The van der Waals surface area contributed by atoms with Crippen LogP contribution in [0.3, 0.4) is 0 Å². The molecule has 0 aliphatic rings. The van der Waals surface area contributed by atoms with Crippen molar-refractivity contribution in [2.75, 3.05) is 12.4 Å². The number of ether oxygens (including phenoxy) is 1. The summed E-state index contributed by atoms with van der Waals surface area (Å²) in [5.41, 5.74) is 4.41. The SMILES string of the molecule is COc1ccc(C(C)(C)C)cc1N[C@@H](C)C(=O)c1[nH]c(C)c(C(C)=O)c1C. The number of benzene rings is 1. The van der Waals surface area contributed by atoms with Gasteiger partial charge in [0.05, 0.1) is 24.5 Å². The third kappa shape index (κ3) is 4.24. The molecule has 2 N–H and O–H groups in total. The molecule has 0 aliphatic heterocycles. The van der Waals surface area contributed by atoms with Gasteiger partial charge in [0.15, 0.2) is 5.78 Å². The van der Waals surface area contributed by atoms with Gasteiger partial charge in [-0.25, -0.2) is 0 Å². The summed E-state index contributed by atoms with van der Waals surface area (Å²) in [6, 6.07) is 5.49. The fraction of sp³-hybridized carbons (Fsp3) is 0.455. The average Bonchev–Trinajstić information content (AvgIpc) is 2.87. The molecule has 0 saturated carbocycles. The van der Waals surface area contributed by atoms with Crippen LogP contribution in [0.15, 0.2) is 18.2 Å². The molecule has 1 heterocycles. The van der Waals surface area contributed by atoms with Crippen molar-refractivity contribution in [3.63, 3.8) is 0 Å². The molecule has 27 heavy (non-hydrogen) atoms. The predicted octanol–water partition coefficient (Wildman–Crippen LogP) is 4.82. The molecular weight excluding hydrogens is 340 g/mol. The van der Waals surface area contributed by atoms with E-state index in [-0.39, 0.29) is 17.0 Å². The van der Waals surface area contributed by atoms with Crippen LogP contribution in [0.25, 0.3) is 0 Å². The van der Waals surface area contributed by atoms with E-state index in [9.17, 15) is 9.59 Å². The molecule has 0 aliphatic carbocycles. The Morgan fingerprint density at radius 3 is 2.30 bits per heavy atom. The molecule has 5 nitrogen and oxygen atoms in total. The maximum atomic E-state index is 13.0. The molecule has 0 amide bonds. The Morgan fingerprint density at radius 1 is 1.19 bits per heavy atom. The third-order valence-corrected chi connectivity index (χ3v) is 4.87. The van der Waals surface area contributed by atoms with Crippen LogP contribution >= 0.6 is 0 Å². The first kappa shape index (κ1) is 20.7. The van der Waals surface area contributed by atoms with Gasteiger partial charge in [-0.05, 0) is 56.4 Å². The zero-order valence-corrected chi connectivity index (χ0v) is 17.5. The average molecular weight is 370 g/mol. The second-order valence-electron chi connectivity index (χ2n) is 8.08. The molecule has 0 fully saturated rings. The van der Waals surface area contributed by atoms with Gasteiger partial charge >= 0.3 is 0 Å². The van der Waals surface area contributed by atoms with Gasteiger partial charge in [0, 0.05) is 11.3 Å². The molecule has 146 valence electrons. The van der Waals surface area contributed by atoms with Crippen LogP contribution < -0.4 is 10.1 Å². The number of anilines is 1. The lowest BCUT2D eigenvalue weighted by molar-refractivity contribution is 0.0970. The van der Waals surface area contributed by atoms with E-state index < -0.39 is 6.04 Å². The Hall–Kier alpha value is -2.56. The van der Waals surface area contributed by atoms with Crippen molar-refractivity contribution in [2.45, 2.75) is 59.9 Å². The van der Waals surface area contributed by atoms with Crippen LogP contribution in [0, 0.1) is 13.8 Å². The van der Waals surface area contributed by atoms with E-state index in [1.807, 2.05) is 32.0 Å². The highest BCUT2D eigenvalue weighted by molar-refractivity contribution is 6.06. The Balaban J connectivity index is 2.35. The van der Waals surface area contributed by atoms with E-state index in [1.165, 1.54) is 6.92 Å². The number of methoxy groups -OCH3 is 1. The maximum Gasteiger partial charge on any atom is 0.201 e. The number of carbonyl (C=O) groups is 2. The first-order valence-electron chi connectivity index (χ1n) is 9.16. The van der Waals surface area contributed by atoms with Crippen LogP contribution in [0.4, 0.5) is 5.69 Å². The van der Waals surface area contributed by atoms with Gasteiger partial charge < -0.3 is 15.0 Å². The fourth-order valence-electron chi connectivity index (χ4n) is 3.33. The summed E-state index contributed by atoms with van der Waals surface area (Å²) in [7, 11) is 1.61. The van der Waals surface area contributed by atoms with Gasteiger partial charge in [0.1, 0.15) is 5.75 Å². The fourth-order valence-corrected chi connectivity index (χ4v) is 3.33. The molecule has 2 aromatic rings.